The summed E-state index contributed by atoms with van der Waals surface area (Å²) in [6, 6.07) is 8.08. The summed E-state index contributed by atoms with van der Waals surface area (Å²) >= 11 is 0. The van der Waals surface area contributed by atoms with Crippen LogP contribution in [0.5, 0.6) is 5.75 Å². The van der Waals surface area contributed by atoms with Gasteiger partial charge in [-0.1, -0.05) is 5.16 Å². The molecule has 0 atom stereocenters. The Morgan fingerprint density at radius 1 is 1.24 bits per heavy atom. The summed E-state index contributed by atoms with van der Waals surface area (Å²) in [5.41, 5.74) is 9.91. The maximum Gasteiger partial charge on any atom is 0.258 e. The van der Waals surface area contributed by atoms with Crippen LogP contribution in [0, 0.1) is 0 Å². The molecule has 8 heteroatoms. The molecular weight excluding hydrogens is 320 g/mol. The summed E-state index contributed by atoms with van der Waals surface area (Å²) in [6.07, 6.45) is 3.29. The Balaban J connectivity index is 1.67. The molecule has 0 amide bonds. The summed E-state index contributed by atoms with van der Waals surface area (Å²) in [7, 11) is 1.58. The van der Waals surface area contributed by atoms with Crippen molar-refractivity contribution < 1.29 is 9.26 Å². The molecule has 0 spiro atoms. The maximum atomic E-state index is 5.44. The highest BCUT2D eigenvalue weighted by atomic mass is 16.5. The molecule has 2 N–H and O–H groups in total. The van der Waals surface area contributed by atoms with Gasteiger partial charge < -0.3 is 14.7 Å². The number of rotatable bonds is 4. The van der Waals surface area contributed by atoms with Crippen molar-refractivity contribution in [3.63, 3.8) is 0 Å². The number of hydrogen-bond donors (Lipinski definition) is 2. The van der Waals surface area contributed by atoms with Gasteiger partial charge in [-0.2, -0.15) is 4.98 Å². The van der Waals surface area contributed by atoms with Crippen LogP contribution < -0.4 is 20.7 Å². The zero-order valence-corrected chi connectivity index (χ0v) is 14.1. The smallest absolute Gasteiger partial charge is 0.258 e. The average molecular weight is 338 g/mol. The second-order valence-corrected chi connectivity index (χ2v) is 5.93. The van der Waals surface area contributed by atoms with Gasteiger partial charge >= 0.3 is 0 Å². The fourth-order valence-electron chi connectivity index (χ4n) is 2.74. The lowest BCUT2D eigenvalue weighted by molar-refractivity contribution is 0.412. The quantitative estimate of drug-likeness (QED) is 0.751. The van der Waals surface area contributed by atoms with Crippen molar-refractivity contribution in [3.05, 3.63) is 36.7 Å². The molecule has 3 aromatic rings. The van der Waals surface area contributed by atoms with Crippen LogP contribution in [0.15, 0.2) is 41.2 Å². The molecule has 1 aromatic carbocycles. The lowest BCUT2D eigenvalue weighted by Crippen LogP contribution is -2.41. The Hall–Kier alpha value is -3.13. The number of anilines is 2. The molecule has 1 aliphatic rings. The molecule has 8 nitrogen and oxygen atoms in total. The fraction of sp³-hybridized carbons (Fsp3) is 0.235. The number of fused-ring (bicyclic) bond motifs is 1. The second-order valence-electron chi connectivity index (χ2n) is 5.93. The Kier molecular flexibility index (Phi) is 3.73. The Morgan fingerprint density at radius 2 is 2.12 bits per heavy atom. The fourth-order valence-corrected chi connectivity index (χ4v) is 2.74. The molecule has 0 radical (unpaired) electrons. The molecular formula is C17H18N6O2. The van der Waals surface area contributed by atoms with Crippen LogP contribution >= 0.6 is 0 Å². The number of hydrogen-bond acceptors (Lipinski definition) is 8. The molecule has 2 aromatic heterocycles. The van der Waals surface area contributed by atoms with Gasteiger partial charge in [-0.3, -0.25) is 9.99 Å². The van der Waals surface area contributed by atoms with E-state index < -0.39 is 0 Å². The van der Waals surface area contributed by atoms with E-state index >= 15 is 0 Å². The third kappa shape index (κ3) is 2.66. The van der Waals surface area contributed by atoms with E-state index in [1.807, 2.05) is 18.2 Å². The van der Waals surface area contributed by atoms with Crippen molar-refractivity contribution in [1.82, 2.24) is 20.7 Å². The molecule has 0 fully saturated rings. The predicted octanol–water partition coefficient (Wildman–Crippen LogP) is 2.87. The first-order chi connectivity index (χ1) is 12.2. The van der Waals surface area contributed by atoms with E-state index in [1.165, 1.54) is 0 Å². The number of pyridine rings is 1. The van der Waals surface area contributed by atoms with Gasteiger partial charge in [0.1, 0.15) is 5.75 Å². The van der Waals surface area contributed by atoms with E-state index in [0.29, 0.717) is 23.5 Å². The highest BCUT2D eigenvalue weighted by Gasteiger charge is 2.22. The first-order valence-electron chi connectivity index (χ1n) is 7.95. The topological polar surface area (TPSA) is 88.3 Å². The van der Waals surface area contributed by atoms with E-state index in [2.05, 4.69) is 44.9 Å². The van der Waals surface area contributed by atoms with Crippen molar-refractivity contribution in [2.75, 3.05) is 17.5 Å². The van der Waals surface area contributed by atoms with E-state index in [0.717, 1.165) is 22.5 Å². The summed E-state index contributed by atoms with van der Waals surface area (Å²) in [5.74, 6) is 1.51. The largest absolute Gasteiger partial charge is 0.494 e. The SMILES string of the molecule is COc1cnccc1-c1noc(-c2ccc3c(c2)NNN3C(C)C)n1. The van der Waals surface area contributed by atoms with Crippen LogP contribution in [0.1, 0.15) is 13.8 Å². The second kappa shape index (κ2) is 6.06. The van der Waals surface area contributed by atoms with Crippen LogP contribution in [0.3, 0.4) is 0 Å². The summed E-state index contributed by atoms with van der Waals surface area (Å²) in [5, 5.41) is 6.12. The monoisotopic (exact) mass is 338 g/mol. The number of nitrogens with zero attached hydrogens (tertiary/aromatic N) is 4. The van der Waals surface area contributed by atoms with Crippen molar-refractivity contribution in [2.45, 2.75) is 19.9 Å². The number of aromatic nitrogens is 3. The normalized spacial score (nSPS) is 13.0. The van der Waals surface area contributed by atoms with Gasteiger partial charge in [0.25, 0.3) is 5.89 Å². The minimum absolute atomic E-state index is 0.328. The van der Waals surface area contributed by atoms with Crippen LogP contribution in [0.4, 0.5) is 11.4 Å². The molecule has 3 heterocycles. The predicted molar refractivity (Wildman–Crippen MR) is 93.9 cm³/mol. The lowest BCUT2D eigenvalue weighted by atomic mass is 10.1. The van der Waals surface area contributed by atoms with Crippen LogP contribution in [-0.2, 0) is 0 Å². The average Bonchev–Trinajstić information content (AvgIpc) is 3.28. The number of hydrazine groups is 2. The van der Waals surface area contributed by atoms with E-state index in [-0.39, 0.29) is 0 Å². The van der Waals surface area contributed by atoms with Gasteiger partial charge in [0.05, 0.1) is 30.2 Å². The third-order valence-electron chi connectivity index (χ3n) is 4.00. The molecule has 0 saturated carbocycles. The Labute approximate surface area is 144 Å². The van der Waals surface area contributed by atoms with E-state index in [9.17, 15) is 0 Å². The highest BCUT2D eigenvalue weighted by molar-refractivity contribution is 5.78. The molecule has 4 rings (SSSR count). The van der Waals surface area contributed by atoms with Crippen LogP contribution in [-0.4, -0.2) is 28.3 Å². The van der Waals surface area contributed by atoms with Crippen molar-refractivity contribution in [1.29, 1.82) is 0 Å². The number of ether oxygens (including phenoxy) is 1. The zero-order valence-electron chi connectivity index (χ0n) is 14.1. The van der Waals surface area contributed by atoms with Gasteiger partial charge in [0.15, 0.2) is 0 Å². The first kappa shape index (κ1) is 15.4. The van der Waals surface area contributed by atoms with Gasteiger partial charge in [0, 0.05) is 17.8 Å². The van der Waals surface area contributed by atoms with Gasteiger partial charge in [-0.05, 0) is 38.1 Å². The molecule has 0 saturated heterocycles. The van der Waals surface area contributed by atoms with Gasteiger partial charge in [0.2, 0.25) is 5.82 Å². The third-order valence-corrected chi connectivity index (χ3v) is 4.00. The number of methoxy groups -OCH3 is 1. The van der Waals surface area contributed by atoms with E-state index in [4.69, 9.17) is 9.26 Å². The first-order valence-corrected chi connectivity index (χ1v) is 7.95. The van der Waals surface area contributed by atoms with Gasteiger partial charge in [-0.25, -0.2) is 0 Å². The minimum atomic E-state index is 0.328. The minimum Gasteiger partial charge on any atom is -0.494 e. The lowest BCUT2D eigenvalue weighted by Gasteiger charge is -2.21. The van der Waals surface area contributed by atoms with Crippen LogP contribution in [0.2, 0.25) is 0 Å². The van der Waals surface area contributed by atoms with Crippen LogP contribution in [0.25, 0.3) is 22.8 Å². The Morgan fingerprint density at radius 3 is 2.92 bits per heavy atom. The standard InChI is InChI=1S/C17H18N6O2/c1-10(2)23-14-5-4-11(8-13(14)20-22-23)17-19-16(21-25-17)12-6-7-18-9-15(12)24-3/h4-10,20,22H,1-3H3. The van der Waals surface area contributed by atoms with Crippen molar-refractivity contribution in [2.24, 2.45) is 0 Å². The molecule has 0 aliphatic carbocycles. The molecule has 1 aliphatic heterocycles. The molecule has 25 heavy (non-hydrogen) atoms. The number of nitrogens with one attached hydrogen (secondary N) is 2. The summed E-state index contributed by atoms with van der Waals surface area (Å²) < 4.78 is 10.7. The van der Waals surface area contributed by atoms with E-state index in [1.54, 1.807) is 25.6 Å². The summed E-state index contributed by atoms with van der Waals surface area (Å²) in [6.45, 7) is 4.23. The summed E-state index contributed by atoms with van der Waals surface area (Å²) in [4.78, 5) is 8.53. The van der Waals surface area contributed by atoms with Crippen molar-refractivity contribution in [3.8, 4) is 28.6 Å². The molecule has 0 unspecified atom stereocenters. The molecule has 0 bridgehead atoms. The molecule has 128 valence electrons. The number of benzene rings is 1. The highest BCUT2D eigenvalue weighted by Crippen LogP contribution is 2.35. The Bertz CT molecular complexity index is 908. The van der Waals surface area contributed by atoms with Gasteiger partial charge in [-0.15, -0.1) is 5.53 Å². The zero-order chi connectivity index (χ0) is 17.4. The van der Waals surface area contributed by atoms with Crippen molar-refractivity contribution >= 4 is 11.4 Å². The maximum absolute atomic E-state index is 5.44.